The first-order valence-corrected chi connectivity index (χ1v) is 9.80. The van der Waals surface area contributed by atoms with Crippen molar-refractivity contribution in [2.75, 3.05) is 13.1 Å². The van der Waals surface area contributed by atoms with Crippen molar-refractivity contribution in [3.05, 3.63) is 36.3 Å². The fourth-order valence-electron chi connectivity index (χ4n) is 4.58. The number of benzene rings is 1. The number of carbonyl (C=O) groups excluding carboxylic acids is 1. The van der Waals surface area contributed by atoms with Gasteiger partial charge in [-0.15, -0.1) is 5.10 Å². The molecule has 0 spiro atoms. The molecule has 1 unspecified atom stereocenters. The third-order valence-electron chi connectivity index (χ3n) is 5.91. The van der Waals surface area contributed by atoms with Crippen LogP contribution < -0.4 is 10.2 Å². The smallest absolute Gasteiger partial charge is 0.229 e. The molecule has 2 bridgehead atoms. The van der Waals surface area contributed by atoms with Crippen LogP contribution in [0.4, 0.5) is 4.39 Å². The third kappa shape index (κ3) is 3.88. The molecule has 0 radical (unpaired) electrons. The Bertz CT molecular complexity index is 803. The van der Waals surface area contributed by atoms with Crippen molar-refractivity contribution in [3.63, 3.8) is 0 Å². The Balaban J connectivity index is 1.40. The summed E-state index contributed by atoms with van der Waals surface area (Å²) in [6.45, 7) is 6.86. The van der Waals surface area contributed by atoms with Gasteiger partial charge in [0.25, 0.3) is 0 Å². The van der Waals surface area contributed by atoms with Gasteiger partial charge in [-0.3, -0.25) is 4.79 Å². The molecule has 1 aromatic heterocycles. The molecule has 3 fully saturated rings. The number of carbonyl (C=O) groups is 1. The van der Waals surface area contributed by atoms with E-state index in [1.54, 1.807) is 12.1 Å². The van der Waals surface area contributed by atoms with Crippen LogP contribution in [0, 0.1) is 17.7 Å². The van der Waals surface area contributed by atoms with Crippen LogP contribution in [0.5, 0.6) is 0 Å². The zero-order valence-electron chi connectivity index (χ0n) is 15.9. The Hall–Kier alpha value is -2.28. The first-order valence-electron chi connectivity index (χ1n) is 9.80. The van der Waals surface area contributed by atoms with Crippen LogP contribution in [0.3, 0.4) is 0 Å². The van der Waals surface area contributed by atoms with E-state index in [0.717, 1.165) is 43.7 Å². The number of piperidine rings is 3. The van der Waals surface area contributed by atoms with E-state index in [4.69, 9.17) is 0 Å². The number of rotatable bonds is 5. The zero-order chi connectivity index (χ0) is 19.0. The number of nitrogens with one attached hydrogen (secondary N) is 2. The van der Waals surface area contributed by atoms with Gasteiger partial charge >= 0.3 is 0 Å². The van der Waals surface area contributed by atoms with Gasteiger partial charge in [0.2, 0.25) is 5.91 Å². The van der Waals surface area contributed by atoms with Gasteiger partial charge < -0.3 is 10.2 Å². The van der Waals surface area contributed by atoms with Gasteiger partial charge in [0.1, 0.15) is 17.6 Å². The molecule has 3 aliphatic rings. The van der Waals surface area contributed by atoms with Gasteiger partial charge in [0.05, 0.1) is 31.7 Å². The van der Waals surface area contributed by atoms with Crippen molar-refractivity contribution < 1.29 is 14.1 Å². The van der Waals surface area contributed by atoms with E-state index in [0.29, 0.717) is 12.0 Å². The summed E-state index contributed by atoms with van der Waals surface area (Å²) >= 11 is 0. The number of quaternary nitrogens is 1. The number of hydrogen-bond donors (Lipinski definition) is 2. The van der Waals surface area contributed by atoms with E-state index >= 15 is 0 Å². The van der Waals surface area contributed by atoms with E-state index < -0.39 is 0 Å². The maximum Gasteiger partial charge on any atom is 0.229 e. The van der Waals surface area contributed by atoms with Crippen molar-refractivity contribution in [2.24, 2.45) is 11.8 Å². The zero-order valence-corrected chi connectivity index (χ0v) is 15.9. The van der Waals surface area contributed by atoms with Gasteiger partial charge in [-0.05, 0) is 44.0 Å². The highest BCUT2D eigenvalue weighted by Gasteiger charge is 2.46. The van der Waals surface area contributed by atoms with Crippen LogP contribution in [-0.2, 0) is 11.3 Å². The lowest BCUT2D eigenvalue weighted by Crippen LogP contribution is -3.20. The standard InChI is InChI=1S/C20H26FN5O/c1-13(2)22-20(27)18-11-25-8-7-15(18)9-17(25)10-26-12-19(23-24-26)14-3-5-16(21)6-4-14/h3-6,12-13,15,17-18H,7-11H2,1-2H3,(H,22,27)/p+1/t15-,17+,18-/m0/s1. The topological polar surface area (TPSA) is 64.2 Å². The molecule has 0 saturated carbocycles. The summed E-state index contributed by atoms with van der Waals surface area (Å²) in [7, 11) is 0. The van der Waals surface area contributed by atoms with Gasteiger partial charge in [-0.2, -0.15) is 0 Å². The Morgan fingerprint density at radius 2 is 2.15 bits per heavy atom. The highest BCUT2D eigenvalue weighted by molar-refractivity contribution is 5.79. The lowest BCUT2D eigenvalue weighted by Gasteiger charge is -2.46. The van der Waals surface area contributed by atoms with Crippen molar-refractivity contribution in [2.45, 2.75) is 45.3 Å². The summed E-state index contributed by atoms with van der Waals surface area (Å²) in [5, 5.41) is 11.6. The van der Waals surface area contributed by atoms with Crippen LogP contribution in [0.1, 0.15) is 26.7 Å². The number of fused-ring (bicyclic) bond motifs is 3. The molecule has 4 heterocycles. The Kier molecular flexibility index (Phi) is 4.95. The molecule has 2 aromatic rings. The Morgan fingerprint density at radius 1 is 1.37 bits per heavy atom. The second-order valence-corrected chi connectivity index (χ2v) is 8.20. The van der Waals surface area contributed by atoms with E-state index in [9.17, 15) is 9.18 Å². The minimum Gasteiger partial charge on any atom is -0.353 e. The molecule has 1 aromatic carbocycles. The second-order valence-electron chi connectivity index (χ2n) is 8.20. The second kappa shape index (κ2) is 7.38. The van der Waals surface area contributed by atoms with Crippen molar-refractivity contribution in [1.29, 1.82) is 0 Å². The average Bonchev–Trinajstić information content (AvgIpc) is 3.10. The molecule has 5 rings (SSSR count). The summed E-state index contributed by atoms with van der Waals surface area (Å²) in [5.74, 6) is 0.561. The van der Waals surface area contributed by atoms with Gasteiger partial charge in [-0.25, -0.2) is 9.07 Å². The van der Waals surface area contributed by atoms with Crippen molar-refractivity contribution >= 4 is 5.91 Å². The molecule has 1 amide bonds. The van der Waals surface area contributed by atoms with E-state index in [1.807, 2.05) is 24.7 Å². The first-order chi connectivity index (χ1) is 13.0. The normalized spacial score (nSPS) is 27.1. The maximum absolute atomic E-state index is 13.1. The predicted molar refractivity (Wildman–Crippen MR) is 99.4 cm³/mol. The molecule has 2 N–H and O–H groups in total. The summed E-state index contributed by atoms with van der Waals surface area (Å²) in [6.07, 6.45) is 4.11. The number of hydrogen-bond acceptors (Lipinski definition) is 3. The van der Waals surface area contributed by atoms with Gasteiger partial charge in [-0.1, -0.05) is 5.21 Å². The molecule has 4 atom stereocenters. The summed E-state index contributed by atoms with van der Waals surface area (Å²) < 4.78 is 15.0. The van der Waals surface area contributed by atoms with Crippen LogP contribution in [0.25, 0.3) is 11.3 Å². The minimum atomic E-state index is -0.253. The van der Waals surface area contributed by atoms with Crippen molar-refractivity contribution in [1.82, 2.24) is 20.3 Å². The van der Waals surface area contributed by atoms with Crippen LogP contribution in [0.15, 0.2) is 30.5 Å². The molecule has 3 aliphatic heterocycles. The maximum atomic E-state index is 13.1. The predicted octanol–water partition coefficient (Wildman–Crippen LogP) is 0.902. The Morgan fingerprint density at radius 3 is 2.81 bits per heavy atom. The largest absolute Gasteiger partial charge is 0.353 e. The number of halogens is 1. The van der Waals surface area contributed by atoms with E-state index in [2.05, 4.69) is 15.6 Å². The van der Waals surface area contributed by atoms with Crippen molar-refractivity contribution in [3.8, 4) is 11.3 Å². The Labute approximate surface area is 158 Å². The minimum absolute atomic E-state index is 0.137. The molecule has 0 aliphatic carbocycles. The first kappa shape index (κ1) is 18.1. The fourth-order valence-corrected chi connectivity index (χ4v) is 4.58. The van der Waals surface area contributed by atoms with Crippen LogP contribution in [0.2, 0.25) is 0 Å². The molecule has 7 heteroatoms. The van der Waals surface area contributed by atoms with Crippen LogP contribution in [-0.4, -0.2) is 46.1 Å². The van der Waals surface area contributed by atoms with E-state index in [-0.39, 0.29) is 23.7 Å². The molecule has 144 valence electrons. The quantitative estimate of drug-likeness (QED) is 0.820. The summed E-state index contributed by atoms with van der Waals surface area (Å²) in [4.78, 5) is 14.0. The lowest BCUT2D eigenvalue weighted by molar-refractivity contribution is -0.945. The highest BCUT2D eigenvalue weighted by atomic mass is 19.1. The summed E-state index contributed by atoms with van der Waals surface area (Å²) in [5.41, 5.74) is 1.63. The van der Waals surface area contributed by atoms with Gasteiger partial charge in [0, 0.05) is 24.4 Å². The highest BCUT2D eigenvalue weighted by Crippen LogP contribution is 2.28. The number of nitrogens with zero attached hydrogens (tertiary/aromatic N) is 3. The summed E-state index contributed by atoms with van der Waals surface area (Å²) in [6, 6.07) is 6.98. The molecule has 6 nitrogen and oxygen atoms in total. The molecule has 3 saturated heterocycles. The lowest BCUT2D eigenvalue weighted by atomic mass is 9.75. The van der Waals surface area contributed by atoms with Gasteiger partial charge in [0.15, 0.2) is 0 Å². The number of amides is 1. The average molecular weight is 372 g/mol. The molecular formula is C20H27FN5O+. The molecule has 27 heavy (non-hydrogen) atoms. The van der Waals surface area contributed by atoms with E-state index in [1.165, 1.54) is 17.0 Å². The monoisotopic (exact) mass is 372 g/mol. The van der Waals surface area contributed by atoms with Crippen LogP contribution >= 0.6 is 0 Å². The third-order valence-corrected chi connectivity index (χ3v) is 5.91. The molecular weight excluding hydrogens is 345 g/mol. The SMILES string of the molecule is CC(C)NC(=O)[C@H]1C[NH+]2CC[C@H]1C[C@@H]2Cn1cc(-c2ccc(F)cc2)nn1. The number of aromatic nitrogens is 3. The fraction of sp³-hybridized carbons (Fsp3) is 0.550.